The summed E-state index contributed by atoms with van der Waals surface area (Å²) in [5.74, 6) is -0.177. The zero-order valence-corrected chi connectivity index (χ0v) is 28.1. The third-order valence-corrected chi connectivity index (χ3v) is 14.3. The Labute approximate surface area is 255 Å². The molecule has 0 aromatic carbocycles. The minimum atomic E-state index is -0.582. The van der Waals surface area contributed by atoms with Crippen LogP contribution in [0.15, 0.2) is 11.6 Å². The number of fused-ring (bicyclic) bond motifs is 3. The summed E-state index contributed by atoms with van der Waals surface area (Å²) >= 11 is 0. The van der Waals surface area contributed by atoms with Crippen LogP contribution in [0.5, 0.6) is 0 Å². The molecule has 0 radical (unpaired) electrons. The van der Waals surface area contributed by atoms with Crippen LogP contribution in [0, 0.1) is 44.3 Å². The lowest BCUT2D eigenvalue weighted by molar-refractivity contribution is -0.297. The van der Waals surface area contributed by atoms with Crippen molar-refractivity contribution in [2.75, 3.05) is 34.0 Å². The van der Waals surface area contributed by atoms with Crippen molar-refractivity contribution in [3.8, 4) is 0 Å². The summed E-state index contributed by atoms with van der Waals surface area (Å²) in [5.41, 5.74) is 0.385. The Hall–Kier alpha value is -1.24. The van der Waals surface area contributed by atoms with E-state index in [-0.39, 0.29) is 44.7 Å². The van der Waals surface area contributed by atoms with E-state index in [2.05, 4.69) is 54.5 Å². The summed E-state index contributed by atoms with van der Waals surface area (Å²) in [5, 5.41) is 0. The lowest BCUT2D eigenvalue weighted by atomic mass is 9.37. The summed E-state index contributed by atoms with van der Waals surface area (Å²) in [7, 11) is 3.31. The number of hydrogen-bond donors (Lipinski definition) is 0. The van der Waals surface area contributed by atoms with Gasteiger partial charge in [0.2, 0.25) is 0 Å². The van der Waals surface area contributed by atoms with Crippen LogP contribution in [0.4, 0.5) is 0 Å². The van der Waals surface area contributed by atoms with Gasteiger partial charge in [0.15, 0.2) is 11.6 Å². The second kappa shape index (κ2) is 10.7. The number of allylic oxidation sites excluding steroid dienone is 2. The number of rotatable bonds is 7. The van der Waals surface area contributed by atoms with E-state index >= 15 is 0 Å². The van der Waals surface area contributed by atoms with Gasteiger partial charge in [0.1, 0.15) is 0 Å². The van der Waals surface area contributed by atoms with Gasteiger partial charge in [-0.25, -0.2) is 0 Å². The number of methoxy groups -OCH3 is 2. The molecule has 42 heavy (non-hydrogen) atoms. The van der Waals surface area contributed by atoms with E-state index < -0.39 is 11.2 Å². The molecule has 0 N–H and O–H groups in total. The minimum Gasteiger partial charge on any atom is -0.469 e. The van der Waals surface area contributed by atoms with Gasteiger partial charge in [0.05, 0.1) is 25.7 Å². The third-order valence-electron chi connectivity index (χ3n) is 14.3. The molecular formula is C36H58O6. The minimum absolute atomic E-state index is 0.0592. The maximum Gasteiger partial charge on any atom is 0.311 e. The van der Waals surface area contributed by atoms with Gasteiger partial charge in [0, 0.05) is 31.5 Å². The first-order valence-electron chi connectivity index (χ1n) is 16.7. The normalized spacial score (nSPS) is 42.0. The largest absolute Gasteiger partial charge is 0.469 e. The third kappa shape index (κ3) is 4.50. The van der Waals surface area contributed by atoms with Crippen molar-refractivity contribution in [1.82, 2.24) is 0 Å². The van der Waals surface area contributed by atoms with Crippen LogP contribution >= 0.6 is 0 Å². The molecule has 0 aromatic rings. The first-order chi connectivity index (χ1) is 19.6. The van der Waals surface area contributed by atoms with Crippen LogP contribution in [0.3, 0.4) is 0 Å². The van der Waals surface area contributed by atoms with Crippen LogP contribution in [0.1, 0.15) is 119 Å². The van der Waals surface area contributed by atoms with Crippen molar-refractivity contribution in [2.45, 2.75) is 125 Å². The maximum atomic E-state index is 14.0. The Balaban J connectivity index is 1.51. The Morgan fingerprint density at radius 1 is 0.857 bits per heavy atom. The Kier molecular flexibility index (Phi) is 8.18. The smallest absolute Gasteiger partial charge is 0.311 e. The van der Waals surface area contributed by atoms with Gasteiger partial charge >= 0.3 is 5.97 Å². The first kappa shape index (κ1) is 32.2. The highest BCUT2D eigenvalue weighted by molar-refractivity contribution is 5.94. The predicted molar refractivity (Wildman–Crippen MR) is 164 cm³/mol. The average molecular weight is 587 g/mol. The quantitative estimate of drug-likeness (QED) is 0.285. The highest BCUT2D eigenvalue weighted by Gasteiger charge is 2.70. The summed E-state index contributed by atoms with van der Waals surface area (Å²) in [6.45, 7) is 18.3. The molecule has 4 fully saturated rings. The van der Waals surface area contributed by atoms with Crippen LogP contribution < -0.4 is 0 Å². The van der Waals surface area contributed by atoms with E-state index in [0.29, 0.717) is 25.7 Å². The fourth-order valence-corrected chi connectivity index (χ4v) is 10.8. The topological polar surface area (TPSA) is 71.1 Å². The molecular weight excluding hydrogens is 528 g/mol. The second-order valence-corrected chi connectivity index (χ2v) is 16.5. The molecule has 5 aliphatic rings. The van der Waals surface area contributed by atoms with Crippen LogP contribution in [-0.2, 0) is 28.5 Å². The monoisotopic (exact) mass is 586 g/mol. The number of ketones is 1. The molecule has 6 atom stereocenters. The molecule has 0 aromatic heterocycles. The fourth-order valence-electron chi connectivity index (χ4n) is 10.8. The molecule has 6 heteroatoms. The van der Waals surface area contributed by atoms with Gasteiger partial charge in [-0.2, -0.15) is 0 Å². The zero-order chi connectivity index (χ0) is 30.8. The van der Waals surface area contributed by atoms with Crippen molar-refractivity contribution < 1.29 is 28.5 Å². The van der Waals surface area contributed by atoms with Gasteiger partial charge in [-0.1, -0.05) is 54.0 Å². The molecule has 3 saturated carbocycles. The maximum absolute atomic E-state index is 14.0. The number of esters is 1. The van der Waals surface area contributed by atoms with Crippen LogP contribution in [-0.4, -0.2) is 51.6 Å². The van der Waals surface area contributed by atoms with Crippen LogP contribution in [0.25, 0.3) is 0 Å². The molecule has 1 saturated heterocycles. The summed E-state index contributed by atoms with van der Waals surface area (Å²) in [6.07, 6.45) is 12.2. The molecule has 1 aliphatic heterocycles. The molecule has 6 nitrogen and oxygen atoms in total. The molecule has 1 spiro atoms. The SMILES string of the molecule is COCC[C@@]1(C)C2CC[C@]3(C)C(=CC(=O)[C@H](C)[C@@]3(C)CCC3(C(=O)OC)CCC(C)(C)CC3)[C@@]2(C)CCC12OCCO2. The van der Waals surface area contributed by atoms with Crippen molar-refractivity contribution in [2.24, 2.45) is 44.3 Å². The van der Waals surface area contributed by atoms with Gasteiger partial charge in [-0.05, 0) is 97.9 Å². The average Bonchev–Trinajstić information content (AvgIpc) is 3.45. The highest BCUT2D eigenvalue weighted by atomic mass is 16.7. The molecule has 0 amide bonds. The summed E-state index contributed by atoms with van der Waals surface area (Å²) < 4.78 is 24.1. The first-order valence-corrected chi connectivity index (χ1v) is 16.7. The summed E-state index contributed by atoms with van der Waals surface area (Å²) in [6, 6.07) is 0. The molecule has 1 heterocycles. The molecule has 0 bridgehead atoms. The Bertz CT molecular complexity index is 1090. The van der Waals surface area contributed by atoms with E-state index in [4.69, 9.17) is 18.9 Å². The van der Waals surface area contributed by atoms with Crippen molar-refractivity contribution >= 4 is 11.8 Å². The Morgan fingerprint density at radius 3 is 2.10 bits per heavy atom. The van der Waals surface area contributed by atoms with Crippen molar-refractivity contribution in [1.29, 1.82) is 0 Å². The van der Waals surface area contributed by atoms with Crippen molar-refractivity contribution in [3.05, 3.63) is 11.6 Å². The van der Waals surface area contributed by atoms with E-state index in [0.717, 1.165) is 70.6 Å². The molecule has 238 valence electrons. The molecule has 1 unspecified atom stereocenters. The van der Waals surface area contributed by atoms with E-state index in [1.165, 1.54) is 12.7 Å². The van der Waals surface area contributed by atoms with Gasteiger partial charge in [0.25, 0.3) is 0 Å². The number of carbonyl (C=O) groups excluding carboxylic acids is 2. The van der Waals surface area contributed by atoms with Gasteiger partial charge in [-0.3, -0.25) is 9.59 Å². The van der Waals surface area contributed by atoms with Crippen molar-refractivity contribution in [3.63, 3.8) is 0 Å². The number of hydrogen-bond acceptors (Lipinski definition) is 6. The summed E-state index contributed by atoms with van der Waals surface area (Å²) in [4.78, 5) is 27.3. The van der Waals surface area contributed by atoms with Gasteiger partial charge in [-0.15, -0.1) is 0 Å². The fraction of sp³-hybridized carbons (Fsp3) is 0.889. The zero-order valence-electron chi connectivity index (χ0n) is 28.1. The molecule has 4 aliphatic carbocycles. The van der Waals surface area contributed by atoms with E-state index in [9.17, 15) is 9.59 Å². The molecule has 5 rings (SSSR count). The number of carbonyl (C=O) groups is 2. The van der Waals surface area contributed by atoms with E-state index in [1.807, 2.05) is 0 Å². The van der Waals surface area contributed by atoms with Gasteiger partial charge < -0.3 is 18.9 Å². The highest BCUT2D eigenvalue weighted by Crippen LogP contribution is 2.73. The second-order valence-electron chi connectivity index (χ2n) is 16.5. The van der Waals surface area contributed by atoms with Crippen LogP contribution in [0.2, 0.25) is 0 Å². The number of ether oxygens (including phenoxy) is 4. The lowest BCUT2D eigenvalue weighted by Gasteiger charge is -2.68. The Morgan fingerprint density at radius 2 is 1.50 bits per heavy atom. The predicted octanol–water partition coefficient (Wildman–Crippen LogP) is 7.68. The standard InChI is InChI=1S/C36H58O6/c1-25-26(37)24-28-31(4)14-19-36(41-22-23-42-36)34(7,20-21-39-8)27(31)10-11-33(28,6)32(25,5)15-18-35(29(38)40-9)16-12-30(2,3)13-17-35/h24-25,27H,10-23H2,1-9H3/t25-,27?,31-,32+,33+,34-/m0/s1. The van der Waals surface area contributed by atoms with E-state index in [1.54, 1.807) is 7.11 Å². The lowest BCUT2D eigenvalue weighted by Crippen LogP contribution is -2.65.